The molecule has 1 aromatic carbocycles. The van der Waals surface area contributed by atoms with Gasteiger partial charge in [0, 0.05) is 12.1 Å². The Kier molecular flexibility index (Phi) is 6.02. The van der Waals surface area contributed by atoms with E-state index in [0.717, 1.165) is 0 Å². The van der Waals surface area contributed by atoms with Crippen LogP contribution in [0, 0.1) is 0 Å². The van der Waals surface area contributed by atoms with Crippen LogP contribution in [-0.2, 0) is 11.3 Å². The predicted octanol–water partition coefficient (Wildman–Crippen LogP) is 2.92. The number of carbonyl (C=O) groups is 1. The molecule has 4 nitrogen and oxygen atoms in total. The lowest BCUT2D eigenvalue weighted by atomic mass is 10.2. The molecule has 1 atom stereocenters. The molecule has 0 bridgehead atoms. The van der Waals surface area contributed by atoms with E-state index in [4.69, 9.17) is 9.84 Å². The van der Waals surface area contributed by atoms with Crippen molar-refractivity contribution >= 4 is 5.97 Å². The van der Waals surface area contributed by atoms with Crippen molar-refractivity contribution < 1.29 is 27.8 Å². The number of alkyl halides is 3. The zero-order valence-electron chi connectivity index (χ0n) is 11.9. The number of ether oxygens (including phenoxy) is 1. The average molecular weight is 305 g/mol. The third kappa shape index (κ3) is 6.03. The second-order valence-electron chi connectivity index (χ2n) is 4.62. The van der Waals surface area contributed by atoms with Crippen LogP contribution in [0.2, 0.25) is 0 Å². The Labute approximate surface area is 121 Å². The van der Waals surface area contributed by atoms with Crippen molar-refractivity contribution in [3.63, 3.8) is 0 Å². The van der Waals surface area contributed by atoms with Crippen LogP contribution in [0.15, 0.2) is 24.3 Å². The van der Waals surface area contributed by atoms with Crippen LogP contribution >= 0.6 is 0 Å². The number of benzene rings is 1. The Hall–Kier alpha value is -1.76. The first kappa shape index (κ1) is 17.3. The molecule has 1 N–H and O–H groups in total. The first-order chi connectivity index (χ1) is 9.73. The Morgan fingerprint density at radius 1 is 1.38 bits per heavy atom. The molecular weight excluding hydrogens is 287 g/mol. The highest BCUT2D eigenvalue weighted by Gasteiger charge is 2.30. The molecule has 0 unspecified atom stereocenters. The maximum atomic E-state index is 12.5. The summed E-state index contributed by atoms with van der Waals surface area (Å²) in [5.41, 5.74) is 0.525. The molecule has 7 heteroatoms. The van der Waals surface area contributed by atoms with Gasteiger partial charge in [-0.1, -0.05) is 25.1 Å². The minimum atomic E-state index is -4.28. The van der Waals surface area contributed by atoms with Crippen molar-refractivity contribution in [1.82, 2.24) is 4.90 Å². The largest absolute Gasteiger partial charge is 0.479 e. The van der Waals surface area contributed by atoms with E-state index < -0.39 is 24.8 Å². The number of para-hydroxylation sites is 1. The van der Waals surface area contributed by atoms with E-state index >= 15 is 0 Å². The van der Waals surface area contributed by atoms with Gasteiger partial charge in [0.05, 0.1) is 6.54 Å². The van der Waals surface area contributed by atoms with Gasteiger partial charge in [-0.3, -0.25) is 4.90 Å². The number of hydrogen-bond acceptors (Lipinski definition) is 3. The van der Waals surface area contributed by atoms with Gasteiger partial charge in [0.2, 0.25) is 0 Å². The number of carboxylic acid groups (broad SMARTS) is 1. The summed E-state index contributed by atoms with van der Waals surface area (Å²) in [4.78, 5) is 12.0. The summed E-state index contributed by atoms with van der Waals surface area (Å²) in [5, 5.41) is 8.83. The van der Waals surface area contributed by atoms with Gasteiger partial charge in [-0.2, -0.15) is 13.2 Å². The van der Waals surface area contributed by atoms with Crippen molar-refractivity contribution in [2.24, 2.45) is 0 Å². The molecule has 1 rings (SSSR count). The molecule has 0 aliphatic carbocycles. The third-order valence-electron chi connectivity index (χ3n) is 2.87. The standard InChI is InChI=1S/C14H18F3NO3/c1-3-18(9-14(15,16)17)8-11-6-4-5-7-12(11)21-10(2)13(19)20/h4-7,10H,3,8-9H2,1-2H3,(H,19,20)/t10-/m0/s1. The van der Waals surface area contributed by atoms with Crippen LogP contribution < -0.4 is 4.74 Å². The summed E-state index contributed by atoms with van der Waals surface area (Å²) in [6.07, 6.45) is -5.34. The summed E-state index contributed by atoms with van der Waals surface area (Å²) in [6, 6.07) is 6.50. The molecule has 0 saturated heterocycles. The Morgan fingerprint density at radius 2 is 2.00 bits per heavy atom. The average Bonchev–Trinajstić information content (AvgIpc) is 2.38. The van der Waals surface area contributed by atoms with Gasteiger partial charge in [0.25, 0.3) is 0 Å². The summed E-state index contributed by atoms with van der Waals surface area (Å²) < 4.78 is 42.7. The second kappa shape index (κ2) is 7.31. The fourth-order valence-electron chi connectivity index (χ4n) is 1.76. The highest BCUT2D eigenvalue weighted by molar-refractivity contribution is 5.72. The van der Waals surface area contributed by atoms with Gasteiger partial charge in [0.1, 0.15) is 5.75 Å². The van der Waals surface area contributed by atoms with Crippen molar-refractivity contribution in [3.8, 4) is 5.75 Å². The lowest BCUT2D eigenvalue weighted by Crippen LogP contribution is -2.34. The Balaban J connectivity index is 2.84. The van der Waals surface area contributed by atoms with Crippen LogP contribution in [0.5, 0.6) is 5.75 Å². The van der Waals surface area contributed by atoms with Gasteiger partial charge >= 0.3 is 12.1 Å². The van der Waals surface area contributed by atoms with E-state index in [1.165, 1.54) is 11.8 Å². The molecular formula is C14H18F3NO3. The first-order valence-corrected chi connectivity index (χ1v) is 6.49. The maximum absolute atomic E-state index is 12.5. The number of rotatable bonds is 7. The van der Waals surface area contributed by atoms with Gasteiger partial charge < -0.3 is 9.84 Å². The fraction of sp³-hybridized carbons (Fsp3) is 0.500. The van der Waals surface area contributed by atoms with Crippen molar-refractivity contribution in [2.75, 3.05) is 13.1 Å². The SMILES string of the molecule is CCN(Cc1ccccc1O[C@@H](C)C(=O)O)CC(F)(F)F. The smallest absolute Gasteiger partial charge is 0.401 e. The monoisotopic (exact) mass is 305 g/mol. The van der Waals surface area contributed by atoms with E-state index in [1.54, 1.807) is 31.2 Å². The predicted molar refractivity (Wildman–Crippen MR) is 71.2 cm³/mol. The molecule has 0 heterocycles. The molecule has 0 amide bonds. The summed E-state index contributed by atoms with van der Waals surface area (Å²) in [7, 11) is 0. The lowest BCUT2D eigenvalue weighted by Gasteiger charge is -2.23. The number of hydrogen-bond donors (Lipinski definition) is 1. The number of carboxylic acids is 1. The molecule has 0 spiro atoms. The van der Waals surface area contributed by atoms with Gasteiger partial charge in [-0.25, -0.2) is 4.79 Å². The number of halogens is 3. The molecule has 1 aromatic rings. The van der Waals surface area contributed by atoms with E-state index in [0.29, 0.717) is 5.56 Å². The van der Waals surface area contributed by atoms with Crippen LogP contribution in [0.1, 0.15) is 19.4 Å². The Morgan fingerprint density at radius 3 is 2.52 bits per heavy atom. The molecule has 0 fully saturated rings. The van der Waals surface area contributed by atoms with E-state index in [-0.39, 0.29) is 18.8 Å². The highest BCUT2D eigenvalue weighted by Crippen LogP contribution is 2.23. The number of nitrogens with zero attached hydrogens (tertiary/aromatic N) is 1. The molecule has 0 aromatic heterocycles. The van der Waals surface area contributed by atoms with Gasteiger partial charge in [-0.05, 0) is 19.5 Å². The zero-order chi connectivity index (χ0) is 16.0. The molecule has 0 saturated carbocycles. The fourth-order valence-corrected chi connectivity index (χ4v) is 1.76. The van der Waals surface area contributed by atoms with E-state index in [1.807, 2.05) is 0 Å². The summed E-state index contributed by atoms with van der Waals surface area (Å²) >= 11 is 0. The summed E-state index contributed by atoms with van der Waals surface area (Å²) in [6.45, 7) is 2.24. The molecule has 21 heavy (non-hydrogen) atoms. The molecule has 0 radical (unpaired) electrons. The normalized spacial score (nSPS) is 13.2. The van der Waals surface area contributed by atoms with E-state index in [2.05, 4.69) is 0 Å². The minimum Gasteiger partial charge on any atom is -0.479 e. The molecule has 0 aliphatic rings. The van der Waals surface area contributed by atoms with Crippen LogP contribution in [0.4, 0.5) is 13.2 Å². The van der Waals surface area contributed by atoms with Crippen LogP contribution in [-0.4, -0.2) is 41.3 Å². The van der Waals surface area contributed by atoms with Crippen molar-refractivity contribution in [3.05, 3.63) is 29.8 Å². The van der Waals surface area contributed by atoms with Gasteiger partial charge in [0.15, 0.2) is 6.10 Å². The second-order valence-corrected chi connectivity index (χ2v) is 4.62. The number of aliphatic carboxylic acids is 1. The lowest BCUT2D eigenvalue weighted by molar-refractivity contribution is -0.146. The highest BCUT2D eigenvalue weighted by atomic mass is 19.4. The van der Waals surface area contributed by atoms with E-state index in [9.17, 15) is 18.0 Å². The van der Waals surface area contributed by atoms with Crippen molar-refractivity contribution in [1.29, 1.82) is 0 Å². The third-order valence-corrected chi connectivity index (χ3v) is 2.87. The molecule has 118 valence electrons. The quantitative estimate of drug-likeness (QED) is 0.841. The van der Waals surface area contributed by atoms with Gasteiger partial charge in [-0.15, -0.1) is 0 Å². The minimum absolute atomic E-state index is 0.0402. The first-order valence-electron chi connectivity index (χ1n) is 6.49. The maximum Gasteiger partial charge on any atom is 0.401 e. The summed E-state index contributed by atoms with van der Waals surface area (Å²) in [5.74, 6) is -0.847. The Bertz CT molecular complexity index is 477. The van der Waals surface area contributed by atoms with Crippen LogP contribution in [0.3, 0.4) is 0 Å². The van der Waals surface area contributed by atoms with Crippen LogP contribution in [0.25, 0.3) is 0 Å². The molecule has 0 aliphatic heterocycles. The van der Waals surface area contributed by atoms with Crippen molar-refractivity contribution in [2.45, 2.75) is 32.7 Å². The topological polar surface area (TPSA) is 49.8 Å². The zero-order valence-corrected chi connectivity index (χ0v) is 11.9.